The molecule has 1 aromatic rings. The smallest absolute Gasteiger partial charge is 0.137 e. The van der Waals surface area contributed by atoms with Gasteiger partial charge < -0.3 is 10.2 Å². The highest BCUT2D eigenvalue weighted by Gasteiger charge is 2.31. The third kappa shape index (κ3) is 2.77. The molecular weight excluding hydrogens is 272 g/mol. The molecule has 4 nitrogen and oxygen atoms in total. The summed E-state index contributed by atoms with van der Waals surface area (Å²) < 4.78 is 0. The van der Waals surface area contributed by atoms with Crippen molar-refractivity contribution in [3.63, 3.8) is 0 Å². The van der Waals surface area contributed by atoms with Crippen LogP contribution in [0.2, 0.25) is 5.15 Å². The third-order valence-electron chi connectivity index (χ3n) is 4.61. The lowest BCUT2D eigenvalue weighted by atomic mass is 9.97. The Bertz CT molecular complexity index is 491. The van der Waals surface area contributed by atoms with Crippen LogP contribution in [0.15, 0.2) is 0 Å². The van der Waals surface area contributed by atoms with Crippen molar-refractivity contribution in [2.24, 2.45) is 0 Å². The number of hydrogen-bond donors (Lipinski definition) is 1. The van der Waals surface area contributed by atoms with Gasteiger partial charge in [-0.15, -0.1) is 0 Å². The van der Waals surface area contributed by atoms with Crippen molar-refractivity contribution >= 4 is 17.4 Å². The maximum atomic E-state index is 6.21. The number of nitrogens with one attached hydrogen (secondary N) is 1. The molecule has 110 valence electrons. The van der Waals surface area contributed by atoms with Crippen LogP contribution >= 0.6 is 11.6 Å². The quantitative estimate of drug-likeness (QED) is 0.870. The van der Waals surface area contributed by atoms with Crippen LogP contribution in [0, 0.1) is 6.92 Å². The minimum Gasteiger partial charge on any atom is -0.367 e. The van der Waals surface area contributed by atoms with Crippen molar-refractivity contribution < 1.29 is 0 Å². The Morgan fingerprint density at radius 3 is 2.95 bits per heavy atom. The molecule has 3 rings (SSSR count). The molecule has 3 heterocycles. The van der Waals surface area contributed by atoms with E-state index in [1.54, 1.807) is 0 Å². The minimum absolute atomic E-state index is 0.517. The second-order valence-corrected chi connectivity index (χ2v) is 6.31. The fraction of sp³-hybridized carbons (Fsp3) is 0.733. The summed E-state index contributed by atoms with van der Waals surface area (Å²) in [6.45, 7) is 6.55. The third-order valence-corrected chi connectivity index (χ3v) is 4.98. The molecule has 1 aromatic heterocycles. The molecule has 0 radical (unpaired) electrons. The highest BCUT2D eigenvalue weighted by molar-refractivity contribution is 6.30. The second-order valence-electron chi connectivity index (χ2n) is 5.96. The number of piperidine rings is 1. The Morgan fingerprint density at radius 1 is 1.30 bits per heavy atom. The first kappa shape index (κ1) is 14.1. The number of aromatic nitrogens is 2. The summed E-state index contributed by atoms with van der Waals surface area (Å²) in [4.78, 5) is 11.5. The van der Waals surface area contributed by atoms with E-state index in [0.29, 0.717) is 11.2 Å². The lowest BCUT2D eigenvalue weighted by Crippen LogP contribution is -2.43. The first-order chi connectivity index (χ1) is 9.67. The summed E-state index contributed by atoms with van der Waals surface area (Å²) in [6, 6.07) is 1.29. The molecule has 0 spiro atoms. The Balaban J connectivity index is 1.72. The lowest BCUT2D eigenvalue weighted by molar-refractivity contribution is 0.188. The van der Waals surface area contributed by atoms with Gasteiger partial charge in [0.1, 0.15) is 16.8 Å². The SMILES string of the molecule is CCc1nc(Cl)c(C)c(NC2CCN3CCCC3C2)n1. The van der Waals surface area contributed by atoms with E-state index in [1.807, 2.05) is 6.92 Å². The van der Waals surface area contributed by atoms with Crippen LogP contribution in [0.3, 0.4) is 0 Å². The molecule has 2 aliphatic rings. The van der Waals surface area contributed by atoms with Crippen LogP contribution in [0.1, 0.15) is 44.0 Å². The Labute approximate surface area is 125 Å². The average molecular weight is 295 g/mol. The monoisotopic (exact) mass is 294 g/mol. The average Bonchev–Trinajstić information content (AvgIpc) is 2.91. The molecular formula is C15H23ClN4. The van der Waals surface area contributed by atoms with Crippen molar-refractivity contribution in [1.82, 2.24) is 14.9 Å². The zero-order chi connectivity index (χ0) is 14.1. The van der Waals surface area contributed by atoms with Gasteiger partial charge in [-0.3, -0.25) is 0 Å². The van der Waals surface area contributed by atoms with Gasteiger partial charge in [-0.2, -0.15) is 0 Å². The molecule has 20 heavy (non-hydrogen) atoms. The maximum absolute atomic E-state index is 6.21. The van der Waals surface area contributed by atoms with Crippen molar-refractivity contribution in [3.8, 4) is 0 Å². The van der Waals surface area contributed by atoms with E-state index in [9.17, 15) is 0 Å². The molecule has 0 aromatic carbocycles. The van der Waals surface area contributed by atoms with E-state index in [0.717, 1.165) is 29.7 Å². The van der Waals surface area contributed by atoms with Crippen LogP contribution in [-0.4, -0.2) is 40.0 Å². The van der Waals surface area contributed by atoms with Crippen LogP contribution in [-0.2, 0) is 6.42 Å². The predicted octanol–water partition coefficient (Wildman–Crippen LogP) is 3.04. The van der Waals surface area contributed by atoms with Gasteiger partial charge in [-0.1, -0.05) is 18.5 Å². The standard InChI is InChI=1S/C15H23ClN4/c1-3-13-18-14(16)10(2)15(19-13)17-11-6-8-20-7-4-5-12(20)9-11/h11-12H,3-9H2,1-2H3,(H,17,18,19). The Morgan fingerprint density at radius 2 is 2.15 bits per heavy atom. The van der Waals surface area contributed by atoms with Crippen molar-refractivity contribution in [3.05, 3.63) is 16.5 Å². The normalized spacial score (nSPS) is 26.6. The van der Waals surface area contributed by atoms with Gasteiger partial charge in [0.15, 0.2) is 0 Å². The summed E-state index contributed by atoms with van der Waals surface area (Å²) in [7, 11) is 0. The molecule has 5 heteroatoms. The molecule has 2 atom stereocenters. The van der Waals surface area contributed by atoms with E-state index < -0.39 is 0 Å². The fourth-order valence-electron chi connectivity index (χ4n) is 3.38. The van der Waals surface area contributed by atoms with Crippen LogP contribution < -0.4 is 5.32 Å². The van der Waals surface area contributed by atoms with Crippen LogP contribution in [0.4, 0.5) is 5.82 Å². The fourth-order valence-corrected chi connectivity index (χ4v) is 3.57. The molecule has 0 bridgehead atoms. The summed E-state index contributed by atoms with van der Waals surface area (Å²) in [5.74, 6) is 1.75. The predicted molar refractivity (Wildman–Crippen MR) is 82.4 cm³/mol. The number of hydrogen-bond acceptors (Lipinski definition) is 4. The van der Waals surface area contributed by atoms with Crippen LogP contribution in [0.25, 0.3) is 0 Å². The molecule has 0 amide bonds. The van der Waals surface area contributed by atoms with Gasteiger partial charge in [0.05, 0.1) is 0 Å². The Kier molecular flexibility index (Phi) is 4.13. The summed E-state index contributed by atoms with van der Waals surface area (Å²) in [6.07, 6.45) is 5.94. The summed E-state index contributed by atoms with van der Waals surface area (Å²) in [5, 5.41) is 4.20. The van der Waals surface area contributed by atoms with Gasteiger partial charge in [0.2, 0.25) is 0 Å². The second kappa shape index (κ2) is 5.86. The molecule has 2 saturated heterocycles. The van der Waals surface area contributed by atoms with E-state index in [4.69, 9.17) is 11.6 Å². The molecule has 1 N–H and O–H groups in total. The molecule has 2 aliphatic heterocycles. The molecule has 2 unspecified atom stereocenters. The van der Waals surface area contributed by atoms with Crippen molar-refractivity contribution in [1.29, 1.82) is 0 Å². The van der Waals surface area contributed by atoms with Crippen LogP contribution in [0.5, 0.6) is 0 Å². The summed E-state index contributed by atoms with van der Waals surface area (Å²) in [5.41, 5.74) is 0.970. The largest absolute Gasteiger partial charge is 0.367 e. The van der Waals surface area contributed by atoms with Gasteiger partial charge in [0.25, 0.3) is 0 Å². The number of anilines is 1. The topological polar surface area (TPSA) is 41.1 Å². The van der Waals surface area contributed by atoms with E-state index in [-0.39, 0.29) is 0 Å². The van der Waals surface area contributed by atoms with Gasteiger partial charge in [-0.25, -0.2) is 9.97 Å². The highest BCUT2D eigenvalue weighted by Crippen LogP contribution is 2.29. The van der Waals surface area contributed by atoms with Gasteiger partial charge in [0, 0.05) is 30.6 Å². The number of nitrogens with zero attached hydrogens (tertiary/aromatic N) is 3. The van der Waals surface area contributed by atoms with E-state index in [1.165, 1.54) is 38.8 Å². The Hall–Kier alpha value is -0.870. The maximum Gasteiger partial charge on any atom is 0.137 e. The van der Waals surface area contributed by atoms with E-state index in [2.05, 4.69) is 27.1 Å². The molecule has 2 fully saturated rings. The molecule has 0 aliphatic carbocycles. The zero-order valence-corrected chi connectivity index (χ0v) is 13.1. The van der Waals surface area contributed by atoms with Crippen molar-refractivity contribution in [2.45, 2.75) is 58.0 Å². The van der Waals surface area contributed by atoms with Gasteiger partial charge >= 0.3 is 0 Å². The van der Waals surface area contributed by atoms with Crippen molar-refractivity contribution in [2.75, 3.05) is 18.4 Å². The highest BCUT2D eigenvalue weighted by atomic mass is 35.5. The number of fused-ring (bicyclic) bond motifs is 1. The number of aryl methyl sites for hydroxylation is 1. The lowest BCUT2D eigenvalue weighted by Gasteiger charge is -2.35. The molecule has 0 saturated carbocycles. The number of rotatable bonds is 3. The number of halogens is 1. The van der Waals surface area contributed by atoms with Gasteiger partial charge in [-0.05, 0) is 39.2 Å². The first-order valence-electron chi connectivity index (χ1n) is 7.71. The zero-order valence-electron chi connectivity index (χ0n) is 12.3. The van der Waals surface area contributed by atoms with E-state index >= 15 is 0 Å². The minimum atomic E-state index is 0.517. The first-order valence-corrected chi connectivity index (χ1v) is 8.08. The summed E-state index contributed by atoms with van der Waals surface area (Å²) >= 11 is 6.21.